The summed E-state index contributed by atoms with van der Waals surface area (Å²) in [5, 5.41) is 2.79. The number of aldehydes is 1. The van der Waals surface area contributed by atoms with Crippen molar-refractivity contribution in [1.82, 2.24) is 5.32 Å². The molecular weight excluding hydrogens is 454 g/mol. The number of amides is 1. The molecule has 7 heteroatoms. The average Bonchev–Trinajstić information content (AvgIpc) is 2.63. The molecule has 0 spiro atoms. The number of carbonyl (C=O) groups is 2. The Hall–Kier alpha value is -1.86. The third-order valence-corrected chi connectivity index (χ3v) is 5.41. The Labute approximate surface area is 163 Å². The second kappa shape index (κ2) is 9.58. The fraction of sp³-hybridized carbons (Fsp3) is 0.222. The van der Waals surface area contributed by atoms with Crippen LogP contribution in [0.4, 0.5) is 0 Å². The van der Waals surface area contributed by atoms with Crippen LogP contribution in [0.15, 0.2) is 45.3 Å². The maximum Gasteiger partial charge on any atom is 0.258 e. The van der Waals surface area contributed by atoms with Crippen LogP contribution in [-0.4, -0.2) is 25.4 Å². The summed E-state index contributed by atoms with van der Waals surface area (Å²) in [4.78, 5) is 23.1. The van der Waals surface area contributed by atoms with E-state index in [0.717, 1.165) is 5.56 Å². The summed E-state index contributed by atoms with van der Waals surface area (Å²) in [6.07, 6.45) is 0.716. The molecule has 132 valence electrons. The Morgan fingerprint density at radius 2 is 1.88 bits per heavy atom. The minimum absolute atomic E-state index is 0.168. The molecule has 2 aromatic carbocycles. The van der Waals surface area contributed by atoms with E-state index in [1.807, 2.05) is 37.3 Å². The number of rotatable bonds is 8. The summed E-state index contributed by atoms with van der Waals surface area (Å²) in [6, 6.07) is 11.2. The molecule has 0 radical (unpaired) electrons. The van der Waals surface area contributed by atoms with Crippen molar-refractivity contribution in [2.75, 3.05) is 13.2 Å². The lowest BCUT2D eigenvalue weighted by Gasteiger charge is -2.15. The van der Waals surface area contributed by atoms with Crippen LogP contribution in [0.2, 0.25) is 0 Å². The highest BCUT2D eigenvalue weighted by Crippen LogP contribution is 2.42. The smallest absolute Gasteiger partial charge is 0.258 e. The van der Waals surface area contributed by atoms with Crippen molar-refractivity contribution in [3.05, 3.63) is 56.5 Å². The molecule has 2 aromatic rings. The number of carbonyl (C=O) groups excluding carboxylic acids is 2. The number of benzene rings is 2. The summed E-state index contributed by atoms with van der Waals surface area (Å²) in [6.45, 7) is 2.49. The maximum absolute atomic E-state index is 12.0. The van der Waals surface area contributed by atoms with Crippen LogP contribution in [0.5, 0.6) is 11.5 Å². The largest absolute Gasteiger partial charge is 0.490 e. The molecule has 1 amide bonds. The van der Waals surface area contributed by atoms with Crippen LogP contribution in [0.3, 0.4) is 0 Å². The van der Waals surface area contributed by atoms with E-state index in [1.54, 1.807) is 6.07 Å². The fourth-order valence-electron chi connectivity index (χ4n) is 2.07. The van der Waals surface area contributed by atoms with Crippen molar-refractivity contribution >= 4 is 44.1 Å². The lowest BCUT2D eigenvalue weighted by molar-refractivity contribution is -0.123. The topological polar surface area (TPSA) is 64.6 Å². The number of hydrogen-bond donors (Lipinski definition) is 1. The van der Waals surface area contributed by atoms with Crippen molar-refractivity contribution in [1.29, 1.82) is 0 Å². The van der Waals surface area contributed by atoms with E-state index in [-0.39, 0.29) is 12.5 Å². The van der Waals surface area contributed by atoms with Gasteiger partial charge in [-0.05, 0) is 50.4 Å². The summed E-state index contributed by atoms with van der Waals surface area (Å²) in [7, 11) is 0. The van der Waals surface area contributed by atoms with Crippen LogP contribution < -0.4 is 14.8 Å². The zero-order chi connectivity index (χ0) is 18.2. The Bertz CT molecular complexity index is 750. The van der Waals surface area contributed by atoms with Gasteiger partial charge in [-0.3, -0.25) is 9.59 Å². The van der Waals surface area contributed by atoms with Crippen LogP contribution in [0.25, 0.3) is 0 Å². The number of ether oxygens (including phenoxy) is 2. The van der Waals surface area contributed by atoms with Gasteiger partial charge >= 0.3 is 0 Å². The molecule has 0 aromatic heterocycles. The molecule has 0 fully saturated rings. The molecule has 0 aliphatic rings. The van der Waals surface area contributed by atoms with Crippen LogP contribution in [-0.2, 0) is 11.3 Å². The van der Waals surface area contributed by atoms with Gasteiger partial charge in [0, 0.05) is 16.6 Å². The van der Waals surface area contributed by atoms with Gasteiger partial charge in [-0.15, -0.1) is 0 Å². The van der Waals surface area contributed by atoms with Gasteiger partial charge < -0.3 is 14.8 Å². The molecule has 25 heavy (non-hydrogen) atoms. The quantitative estimate of drug-likeness (QED) is 0.589. The second-order valence-corrected chi connectivity index (χ2v) is 6.61. The molecule has 0 aliphatic carbocycles. The van der Waals surface area contributed by atoms with Crippen molar-refractivity contribution < 1.29 is 19.1 Å². The molecule has 0 unspecified atom stereocenters. The summed E-state index contributed by atoms with van der Waals surface area (Å²) in [5.41, 5.74) is 1.43. The van der Waals surface area contributed by atoms with Crippen molar-refractivity contribution in [3.63, 3.8) is 0 Å². The molecule has 0 saturated carbocycles. The Kier molecular flexibility index (Phi) is 7.46. The van der Waals surface area contributed by atoms with E-state index in [4.69, 9.17) is 9.47 Å². The van der Waals surface area contributed by atoms with Gasteiger partial charge in [0.1, 0.15) is 0 Å². The van der Waals surface area contributed by atoms with Crippen LogP contribution >= 0.6 is 31.9 Å². The van der Waals surface area contributed by atoms with Gasteiger partial charge in [0.15, 0.2) is 24.4 Å². The first kappa shape index (κ1) is 19.5. The third kappa shape index (κ3) is 5.31. The minimum atomic E-state index is -0.256. The zero-order valence-corrected chi connectivity index (χ0v) is 16.7. The predicted molar refractivity (Wildman–Crippen MR) is 102 cm³/mol. The normalized spacial score (nSPS) is 10.2. The number of hydrogen-bond acceptors (Lipinski definition) is 4. The highest BCUT2D eigenvalue weighted by Gasteiger charge is 2.18. The zero-order valence-electron chi connectivity index (χ0n) is 13.6. The molecule has 5 nitrogen and oxygen atoms in total. The fourth-order valence-corrected chi connectivity index (χ4v) is 3.00. The molecule has 1 N–H and O–H groups in total. The van der Waals surface area contributed by atoms with Gasteiger partial charge in [-0.2, -0.15) is 0 Å². The van der Waals surface area contributed by atoms with Crippen molar-refractivity contribution in [3.8, 4) is 11.5 Å². The van der Waals surface area contributed by atoms with E-state index in [0.29, 0.717) is 45.4 Å². The Morgan fingerprint density at radius 1 is 1.16 bits per heavy atom. The molecule has 0 atom stereocenters. The first-order chi connectivity index (χ1) is 12.1. The van der Waals surface area contributed by atoms with E-state index in [1.165, 1.54) is 0 Å². The molecule has 0 saturated heterocycles. The Balaban J connectivity index is 2.05. The molecular formula is C18H17Br2NO4. The average molecular weight is 471 g/mol. The summed E-state index contributed by atoms with van der Waals surface area (Å²) < 4.78 is 12.2. The highest BCUT2D eigenvalue weighted by atomic mass is 79.9. The molecule has 0 aliphatic heterocycles. The van der Waals surface area contributed by atoms with Gasteiger partial charge in [-0.1, -0.05) is 30.3 Å². The maximum atomic E-state index is 12.0. The van der Waals surface area contributed by atoms with E-state index in [9.17, 15) is 9.59 Å². The summed E-state index contributed by atoms with van der Waals surface area (Å²) >= 11 is 6.71. The van der Waals surface area contributed by atoms with Crippen LogP contribution in [0, 0.1) is 0 Å². The van der Waals surface area contributed by atoms with Crippen molar-refractivity contribution in [2.24, 2.45) is 0 Å². The lowest BCUT2D eigenvalue weighted by atomic mass is 10.2. The molecule has 2 rings (SSSR count). The number of nitrogens with one attached hydrogen (secondary N) is 1. The first-order valence-electron chi connectivity index (χ1n) is 7.60. The molecule has 0 bridgehead atoms. The standard InChI is InChI=1S/C18H17Br2NO4/c1-2-24-14-8-13(10-22)16(19)17(20)18(14)25-11-15(23)21-9-12-6-4-3-5-7-12/h3-8,10H,2,9,11H2,1H3,(H,21,23). The first-order valence-corrected chi connectivity index (χ1v) is 9.18. The SMILES string of the molecule is CCOc1cc(C=O)c(Br)c(Br)c1OCC(=O)NCc1ccccc1. The van der Waals surface area contributed by atoms with Gasteiger partial charge in [-0.25, -0.2) is 0 Å². The van der Waals surface area contributed by atoms with Gasteiger partial charge in [0.25, 0.3) is 5.91 Å². The third-order valence-electron chi connectivity index (χ3n) is 3.26. The monoisotopic (exact) mass is 469 g/mol. The number of halogens is 2. The van der Waals surface area contributed by atoms with E-state index >= 15 is 0 Å². The van der Waals surface area contributed by atoms with Gasteiger partial charge in [0.2, 0.25) is 0 Å². The minimum Gasteiger partial charge on any atom is -0.490 e. The van der Waals surface area contributed by atoms with Gasteiger partial charge in [0.05, 0.1) is 11.1 Å². The summed E-state index contributed by atoms with van der Waals surface area (Å²) in [5.74, 6) is 0.513. The van der Waals surface area contributed by atoms with Crippen molar-refractivity contribution in [2.45, 2.75) is 13.5 Å². The predicted octanol–water partition coefficient (Wildman–Crippen LogP) is 4.12. The lowest BCUT2D eigenvalue weighted by Crippen LogP contribution is -2.28. The Morgan fingerprint density at radius 3 is 2.52 bits per heavy atom. The van der Waals surface area contributed by atoms with Crippen LogP contribution in [0.1, 0.15) is 22.8 Å². The highest BCUT2D eigenvalue weighted by molar-refractivity contribution is 9.13. The molecule has 0 heterocycles. The van der Waals surface area contributed by atoms with E-state index < -0.39 is 0 Å². The second-order valence-electron chi connectivity index (χ2n) is 5.02. The van der Waals surface area contributed by atoms with E-state index in [2.05, 4.69) is 37.2 Å².